The van der Waals surface area contributed by atoms with Crippen LogP contribution in [0.25, 0.3) is 0 Å². The standard InChI is InChI=1S/C13H19ClN2O3/c1-3-9(4-2)12(17)8-15-11-7-5-6-10(14)13(11)16(18)19/h5-7,9,12,15,17H,3-4,8H2,1-2H3. The van der Waals surface area contributed by atoms with Gasteiger partial charge in [0.2, 0.25) is 0 Å². The predicted molar refractivity (Wildman–Crippen MR) is 76.7 cm³/mol. The summed E-state index contributed by atoms with van der Waals surface area (Å²) in [5.41, 5.74) is 0.184. The third-order valence-corrected chi connectivity index (χ3v) is 3.57. The second kappa shape index (κ2) is 7.31. The molecule has 0 spiro atoms. The normalized spacial score (nSPS) is 12.5. The maximum atomic E-state index is 11.0. The summed E-state index contributed by atoms with van der Waals surface area (Å²) in [5.74, 6) is 0.186. The van der Waals surface area contributed by atoms with Crippen LogP contribution in [0.2, 0.25) is 5.02 Å². The molecule has 0 bridgehead atoms. The van der Waals surface area contributed by atoms with Gasteiger partial charge in [0.05, 0.1) is 11.0 Å². The Hall–Kier alpha value is -1.33. The van der Waals surface area contributed by atoms with E-state index in [0.717, 1.165) is 12.8 Å². The zero-order valence-electron chi connectivity index (χ0n) is 11.1. The van der Waals surface area contributed by atoms with Crippen LogP contribution in [0.3, 0.4) is 0 Å². The van der Waals surface area contributed by atoms with Gasteiger partial charge in [0.1, 0.15) is 10.7 Å². The number of halogens is 1. The highest BCUT2D eigenvalue weighted by molar-refractivity contribution is 6.33. The first-order chi connectivity index (χ1) is 9.01. The second-order valence-corrected chi connectivity index (χ2v) is 4.83. The second-order valence-electron chi connectivity index (χ2n) is 4.42. The zero-order chi connectivity index (χ0) is 14.4. The van der Waals surface area contributed by atoms with Crippen LogP contribution >= 0.6 is 11.6 Å². The lowest BCUT2D eigenvalue weighted by atomic mass is 9.96. The van der Waals surface area contributed by atoms with E-state index in [1.807, 2.05) is 13.8 Å². The fraction of sp³-hybridized carbons (Fsp3) is 0.538. The number of aliphatic hydroxyl groups excluding tert-OH is 1. The van der Waals surface area contributed by atoms with Crippen molar-refractivity contribution in [2.75, 3.05) is 11.9 Å². The molecule has 106 valence electrons. The molecule has 0 aliphatic heterocycles. The summed E-state index contributed by atoms with van der Waals surface area (Å²) < 4.78 is 0. The summed E-state index contributed by atoms with van der Waals surface area (Å²) in [4.78, 5) is 10.4. The monoisotopic (exact) mass is 286 g/mol. The number of hydrogen-bond donors (Lipinski definition) is 2. The minimum atomic E-state index is -0.534. The summed E-state index contributed by atoms with van der Waals surface area (Å²) in [6.07, 6.45) is 1.21. The van der Waals surface area contributed by atoms with Crippen molar-refractivity contribution < 1.29 is 10.0 Å². The minimum Gasteiger partial charge on any atom is -0.391 e. The molecule has 0 amide bonds. The smallest absolute Gasteiger partial charge is 0.310 e. The number of anilines is 1. The van der Waals surface area contributed by atoms with Crippen molar-refractivity contribution in [3.8, 4) is 0 Å². The average molecular weight is 287 g/mol. The molecule has 1 aromatic rings. The molecule has 2 N–H and O–H groups in total. The lowest BCUT2D eigenvalue weighted by molar-refractivity contribution is -0.383. The van der Waals surface area contributed by atoms with Crippen LogP contribution in [-0.4, -0.2) is 22.7 Å². The van der Waals surface area contributed by atoms with Crippen LogP contribution in [0.4, 0.5) is 11.4 Å². The molecule has 0 aromatic heterocycles. The van der Waals surface area contributed by atoms with Gasteiger partial charge in [0, 0.05) is 6.54 Å². The molecule has 0 fully saturated rings. The predicted octanol–water partition coefficient (Wildman–Crippen LogP) is 3.46. The number of aliphatic hydroxyl groups is 1. The Bertz CT molecular complexity index is 436. The van der Waals surface area contributed by atoms with Crippen molar-refractivity contribution in [1.82, 2.24) is 0 Å². The Morgan fingerprint density at radius 2 is 2.05 bits per heavy atom. The van der Waals surface area contributed by atoms with Crippen LogP contribution < -0.4 is 5.32 Å². The molecule has 5 nitrogen and oxygen atoms in total. The molecule has 0 heterocycles. The maximum absolute atomic E-state index is 11.0. The Labute approximate surface area is 117 Å². The highest BCUT2D eigenvalue weighted by atomic mass is 35.5. The largest absolute Gasteiger partial charge is 0.391 e. The van der Waals surface area contributed by atoms with E-state index in [0.29, 0.717) is 5.69 Å². The molecule has 19 heavy (non-hydrogen) atoms. The first kappa shape index (κ1) is 15.7. The number of nitrogens with zero attached hydrogens (tertiary/aromatic N) is 1. The third-order valence-electron chi connectivity index (χ3n) is 3.26. The molecule has 0 radical (unpaired) electrons. The SMILES string of the molecule is CCC(CC)C(O)CNc1cccc(Cl)c1[N+](=O)[O-]. The number of benzene rings is 1. The minimum absolute atomic E-state index is 0.0898. The van der Waals surface area contributed by atoms with Gasteiger partial charge in [0.15, 0.2) is 0 Å². The Kier molecular flexibility index (Phi) is 6.05. The molecule has 0 aliphatic carbocycles. The molecule has 0 aliphatic rings. The van der Waals surface area contributed by atoms with Gasteiger partial charge in [-0.05, 0) is 18.1 Å². The topological polar surface area (TPSA) is 75.4 Å². The molecule has 0 saturated carbocycles. The molecule has 0 saturated heterocycles. The quantitative estimate of drug-likeness (QED) is 0.594. The Morgan fingerprint density at radius 1 is 1.42 bits per heavy atom. The lowest BCUT2D eigenvalue weighted by Crippen LogP contribution is -2.27. The van der Waals surface area contributed by atoms with Crippen molar-refractivity contribution in [3.05, 3.63) is 33.3 Å². The van der Waals surface area contributed by atoms with E-state index in [-0.39, 0.29) is 23.2 Å². The van der Waals surface area contributed by atoms with Crippen LogP contribution in [0, 0.1) is 16.0 Å². The number of nitro benzene ring substituents is 1. The van der Waals surface area contributed by atoms with Crippen LogP contribution in [-0.2, 0) is 0 Å². The summed E-state index contributed by atoms with van der Waals surface area (Å²) in [5, 5.41) is 24.0. The van der Waals surface area contributed by atoms with E-state index in [1.165, 1.54) is 6.07 Å². The van der Waals surface area contributed by atoms with Gasteiger partial charge in [-0.15, -0.1) is 0 Å². The van der Waals surface area contributed by atoms with Crippen molar-refractivity contribution >= 4 is 23.0 Å². The first-order valence-corrected chi connectivity index (χ1v) is 6.73. The summed E-state index contributed by atoms with van der Waals surface area (Å²) in [6.45, 7) is 4.30. The Morgan fingerprint density at radius 3 is 2.58 bits per heavy atom. The Balaban J connectivity index is 2.78. The molecular weight excluding hydrogens is 268 g/mol. The molecule has 1 unspecified atom stereocenters. The third kappa shape index (κ3) is 4.08. The highest BCUT2D eigenvalue weighted by Crippen LogP contribution is 2.32. The van der Waals surface area contributed by atoms with Gasteiger partial charge in [-0.25, -0.2) is 0 Å². The summed E-state index contributed by atoms with van der Waals surface area (Å²) in [6, 6.07) is 4.70. The van der Waals surface area contributed by atoms with E-state index in [9.17, 15) is 15.2 Å². The van der Waals surface area contributed by atoms with E-state index in [1.54, 1.807) is 12.1 Å². The zero-order valence-corrected chi connectivity index (χ0v) is 11.9. The van der Waals surface area contributed by atoms with Crippen LogP contribution in [0.5, 0.6) is 0 Å². The van der Waals surface area contributed by atoms with Gasteiger partial charge < -0.3 is 10.4 Å². The summed E-state index contributed by atoms with van der Waals surface area (Å²) in [7, 11) is 0. The fourth-order valence-corrected chi connectivity index (χ4v) is 2.30. The first-order valence-electron chi connectivity index (χ1n) is 6.36. The van der Waals surface area contributed by atoms with Crippen molar-refractivity contribution in [2.45, 2.75) is 32.8 Å². The number of nitrogens with one attached hydrogen (secondary N) is 1. The van der Waals surface area contributed by atoms with E-state index < -0.39 is 11.0 Å². The molecular formula is C13H19ClN2O3. The van der Waals surface area contributed by atoms with Gasteiger partial charge in [-0.1, -0.05) is 44.4 Å². The number of hydrogen-bond acceptors (Lipinski definition) is 4. The maximum Gasteiger partial charge on any atom is 0.310 e. The van der Waals surface area contributed by atoms with Gasteiger partial charge >= 0.3 is 5.69 Å². The van der Waals surface area contributed by atoms with Gasteiger partial charge in [-0.3, -0.25) is 10.1 Å². The average Bonchev–Trinajstić information content (AvgIpc) is 2.37. The van der Waals surface area contributed by atoms with Crippen LogP contribution in [0.15, 0.2) is 18.2 Å². The molecule has 1 aromatic carbocycles. The number of para-hydroxylation sites is 1. The van der Waals surface area contributed by atoms with Crippen molar-refractivity contribution in [3.63, 3.8) is 0 Å². The van der Waals surface area contributed by atoms with Crippen molar-refractivity contribution in [2.24, 2.45) is 5.92 Å². The highest BCUT2D eigenvalue weighted by Gasteiger charge is 2.20. The van der Waals surface area contributed by atoms with E-state index in [2.05, 4.69) is 5.32 Å². The van der Waals surface area contributed by atoms with Gasteiger partial charge in [0.25, 0.3) is 0 Å². The van der Waals surface area contributed by atoms with Gasteiger partial charge in [-0.2, -0.15) is 0 Å². The molecule has 6 heteroatoms. The molecule has 1 rings (SSSR count). The lowest BCUT2D eigenvalue weighted by Gasteiger charge is -2.20. The molecule has 1 atom stereocenters. The number of rotatable bonds is 7. The number of nitro groups is 1. The fourth-order valence-electron chi connectivity index (χ4n) is 2.06. The van der Waals surface area contributed by atoms with Crippen molar-refractivity contribution in [1.29, 1.82) is 0 Å². The summed E-state index contributed by atoms with van der Waals surface area (Å²) >= 11 is 5.81. The van der Waals surface area contributed by atoms with E-state index >= 15 is 0 Å². The van der Waals surface area contributed by atoms with Crippen LogP contribution in [0.1, 0.15) is 26.7 Å². The van der Waals surface area contributed by atoms with E-state index in [4.69, 9.17) is 11.6 Å².